The lowest BCUT2D eigenvalue weighted by molar-refractivity contribution is -0.115. The highest BCUT2D eigenvalue weighted by molar-refractivity contribution is 7.17. The second-order valence-electron chi connectivity index (χ2n) is 10.2. The number of benzene rings is 2. The second-order valence-corrected chi connectivity index (χ2v) is 11.1. The molecule has 3 heterocycles. The number of thiophene rings is 1. The van der Waals surface area contributed by atoms with Crippen LogP contribution in [0, 0.1) is 5.82 Å². The zero-order valence-corrected chi connectivity index (χ0v) is 23.2. The number of halogens is 1. The molecule has 9 nitrogen and oxygen atoms in total. The fourth-order valence-electron chi connectivity index (χ4n) is 4.29. The standard InChI is InChI=1S/C29H29FN4O5S/c1-29(2,3)39-28(36)31-9-10-37-11-12-38-23-16-19(30)6-7-20(23)26-27-21(8-13-40-27)25(33-34-26)18-5-4-17-15-24(35)32-22(17)14-18/h4-8,13-14,16H,9-12,15H2,1-3H3,(H,31,36)(H,32,35). The Balaban J connectivity index is 1.27. The van der Waals surface area contributed by atoms with Gasteiger partial charge in [-0.2, -0.15) is 0 Å². The molecule has 2 amide bonds. The molecule has 0 spiro atoms. The summed E-state index contributed by atoms with van der Waals surface area (Å²) in [6.45, 7) is 6.34. The van der Waals surface area contributed by atoms with Crippen LogP contribution in [0.15, 0.2) is 47.8 Å². The van der Waals surface area contributed by atoms with Crippen molar-refractivity contribution in [3.05, 3.63) is 59.2 Å². The van der Waals surface area contributed by atoms with Gasteiger partial charge >= 0.3 is 6.09 Å². The van der Waals surface area contributed by atoms with Gasteiger partial charge in [0.2, 0.25) is 5.91 Å². The normalized spacial score (nSPS) is 12.8. The monoisotopic (exact) mass is 564 g/mol. The molecule has 0 bridgehead atoms. The zero-order valence-electron chi connectivity index (χ0n) is 22.4. The van der Waals surface area contributed by atoms with Crippen LogP contribution in [0.3, 0.4) is 0 Å². The minimum atomic E-state index is -0.568. The fraction of sp³-hybridized carbons (Fsp3) is 0.310. The van der Waals surface area contributed by atoms with Gasteiger partial charge in [0.05, 0.1) is 24.3 Å². The van der Waals surface area contributed by atoms with Crippen molar-refractivity contribution in [2.75, 3.05) is 31.7 Å². The Hall–Kier alpha value is -4.09. The van der Waals surface area contributed by atoms with Crippen LogP contribution in [0.4, 0.5) is 14.9 Å². The Morgan fingerprint density at radius 3 is 2.73 bits per heavy atom. The summed E-state index contributed by atoms with van der Waals surface area (Å²) in [4.78, 5) is 23.5. The molecule has 40 heavy (non-hydrogen) atoms. The molecule has 1 aliphatic rings. The van der Waals surface area contributed by atoms with E-state index in [1.165, 1.54) is 23.5 Å². The van der Waals surface area contributed by atoms with Crippen molar-refractivity contribution < 1.29 is 28.2 Å². The Kier molecular flexibility index (Phi) is 7.95. The maximum atomic E-state index is 14.2. The van der Waals surface area contributed by atoms with E-state index < -0.39 is 17.5 Å². The highest BCUT2D eigenvalue weighted by Gasteiger charge is 2.21. The number of alkyl carbamates (subject to hydrolysis) is 1. The van der Waals surface area contributed by atoms with Gasteiger partial charge in [-0.1, -0.05) is 12.1 Å². The third-order valence-electron chi connectivity index (χ3n) is 5.99. The maximum Gasteiger partial charge on any atom is 0.407 e. The third kappa shape index (κ3) is 6.37. The average Bonchev–Trinajstić information content (AvgIpc) is 3.52. The number of ether oxygens (including phenoxy) is 3. The maximum absolute atomic E-state index is 14.2. The Morgan fingerprint density at radius 1 is 1.07 bits per heavy atom. The molecule has 4 aromatic rings. The predicted octanol–water partition coefficient (Wildman–Crippen LogP) is 5.58. The van der Waals surface area contributed by atoms with Crippen LogP contribution in [-0.2, 0) is 20.7 Å². The molecule has 0 saturated heterocycles. The number of amides is 2. The van der Waals surface area contributed by atoms with Gasteiger partial charge in [-0.15, -0.1) is 21.5 Å². The molecule has 2 N–H and O–H groups in total. The number of hydrogen-bond acceptors (Lipinski definition) is 8. The summed E-state index contributed by atoms with van der Waals surface area (Å²) in [5.41, 5.74) is 3.91. The van der Waals surface area contributed by atoms with Crippen LogP contribution < -0.4 is 15.4 Å². The van der Waals surface area contributed by atoms with Crippen LogP contribution >= 0.6 is 11.3 Å². The van der Waals surface area contributed by atoms with Crippen molar-refractivity contribution >= 4 is 39.1 Å². The lowest BCUT2D eigenvalue weighted by Gasteiger charge is -2.19. The van der Waals surface area contributed by atoms with Crippen molar-refractivity contribution in [1.29, 1.82) is 0 Å². The first-order valence-electron chi connectivity index (χ1n) is 12.8. The van der Waals surface area contributed by atoms with E-state index in [1.807, 2.05) is 29.6 Å². The number of nitrogens with one attached hydrogen (secondary N) is 2. The number of aromatic nitrogens is 2. The van der Waals surface area contributed by atoms with Crippen molar-refractivity contribution in [1.82, 2.24) is 15.5 Å². The molecular formula is C29H29FN4O5S. The number of fused-ring (bicyclic) bond motifs is 2. The molecule has 2 aromatic heterocycles. The molecule has 5 rings (SSSR count). The molecule has 0 radical (unpaired) electrons. The Morgan fingerprint density at radius 2 is 1.90 bits per heavy atom. The molecule has 11 heteroatoms. The van der Waals surface area contributed by atoms with E-state index in [-0.39, 0.29) is 32.3 Å². The summed E-state index contributed by atoms with van der Waals surface area (Å²) in [5, 5.41) is 17.4. The van der Waals surface area contributed by atoms with Gasteiger partial charge in [-0.05, 0) is 56.0 Å². The third-order valence-corrected chi connectivity index (χ3v) is 6.91. The number of anilines is 1. The van der Waals surface area contributed by atoms with E-state index >= 15 is 0 Å². The molecule has 1 aliphatic heterocycles. The van der Waals surface area contributed by atoms with Crippen LogP contribution in [0.25, 0.3) is 32.6 Å². The van der Waals surface area contributed by atoms with Gasteiger partial charge in [0.25, 0.3) is 0 Å². The summed E-state index contributed by atoms with van der Waals surface area (Å²) in [5.74, 6) is -0.137. The number of carbonyl (C=O) groups is 2. The predicted molar refractivity (Wildman–Crippen MR) is 151 cm³/mol. The van der Waals surface area contributed by atoms with Gasteiger partial charge in [0, 0.05) is 34.8 Å². The zero-order chi connectivity index (χ0) is 28.3. The number of carbonyl (C=O) groups excluding carboxylic acids is 2. The average molecular weight is 565 g/mol. The van der Waals surface area contributed by atoms with Gasteiger partial charge < -0.3 is 24.8 Å². The van der Waals surface area contributed by atoms with Crippen molar-refractivity contribution in [2.24, 2.45) is 0 Å². The number of rotatable bonds is 9. The highest BCUT2D eigenvalue weighted by atomic mass is 32.1. The van der Waals surface area contributed by atoms with Crippen LogP contribution in [0.2, 0.25) is 0 Å². The molecule has 0 fully saturated rings. The van der Waals surface area contributed by atoms with E-state index in [0.717, 1.165) is 26.9 Å². The Bertz CT molecular complexity index is 1570. The molecule has 0 atom stereocenters. The first kappa shape index (κ1) is 27.5. The molecule has 0 unspecified atom stereocenters. The molecule has 208 valence electrons. The van der Waals surface area contributed by atoms with E-state index in [9.17, 15) is 14.0 Å². The summed E-state index contributed by atoms with van der Waals surface area (Å²) in [6.07, 6.45) is -0.137. The SMILES string of the molecule is CC(C)(C)OC(=O)NCCOCCOc1cc(F)ccc1-c1nnc(-c2ccc3c(c2)NC(=O)C3)c2ccsc12. The first-order valence-corrected chi connectivity index (χ1v) is 13.7. The van der Waals surface area contributed by atoms with Crippen molar-refractivity contribution in [3.63, 3.8) is 0 Å². The number of nitrogens with zero attached hydrogens (tertiary/aromatic N) is 2. The van der Waals surface area contributed by atoms with Gasteiger partial charge in [-0.25, -0.2) is 9.18 Å². The summed E-state index contributed by atoms with van der Waals surface area (Å²) in [7, 11) is 0. The largest absolute Gasteiger partial charge is 0.490 e. The van der Waals surface area contributed by atoms with E-state index in [0.29, 0.717) is 29.1 Å². The van der Waals surface area contributed by atoms with Crippen LogP contribution in [-0.4, -0.2) is 54.2 Å². The van der Waals surface area contributed by atoms with E-state index in [2.05, 4.69) is 20.8 Å². The van der Waals surface area contributed by atoms with E-state index in [1.54, 1.807) is 26.8 Å². The van der Waals surface area contributed by atoms with Crippen molar-refractivity contribution in [2.45, 2.75) is 32.8 Å². The summed E-state index contributed by atoms with van der Waals surface area (Å²) in [6, 6.07) is 12.1. The van der Waals surface area contributed by atoms with Gasteiger partial charge in [0.1, 0.15) is 35.2 Å². The molecule has 2 aromatic carbocycles. The summed E-state index contributed by atoms with van der Waals surface area (Å²) >= 11 is 1.51. The number of hydrogen-bond donors (Lipinski definition) is 2. The lowest BCUT2D eigenvalue weighted by atomic mass is 10.0. The fourth-order valence-corrected chi connectivity index (χ4v) is 5.19. The summed E-state index contributed by atoms with van der Waals surface area (Å²) < 4.78 is 31.7. The minimum Gasteiger partial charge on any atom is -0.490 e. The van der Waals surface area contributed by atoms with Gasteiger partial charge in [-0.3, -0.25) is 4.79 Å². The van der Waals surface area contributed by atoms with Crippen LogP contribution in [0.1, 0.15) is 26.3 Å². The minimum absolute atomic E-state index is 0.0269. The lowest BCUT2D eigenvalue weighted by Crippen LogP contribution is -2.34. The topological polar surface area (TPSA) is 112 Å². The molecule has 0 saturated carbocycles. The first-order chi connectivity index (χ1) is 19.2. The quantitative estimate of drug-likeness (QED) is 0.255. The molecule has 0 aliphatic carbocycles. The van der Waals surface area contributed by atoms with E-state index in [4.69, 9.17) is 14.2 Å². The smallest absolute Gasteiger partial charge is 0.407 e. The van der Waals surface area contributed by atoms with Crippen LogP contribution in [0.5, 0.6) is 5.75 Å². The Labute approximate surface area is 234 Å². The second kappa shape index (κ2) is 11.6. The van der Waals surface area contributed by atoms with Crippen molar-refractivity contribution in [3.8, 4) is 28.3 Å². The molecular weight excluding hydrogens is 535 g/mol. The highest BCUT2D eigenvalue weighted by Crippen LogP contribution is 2.40. The van der Waals surface area contributed by atoms with Gasteiger partial charge in [0.15, 0.2) is 0 Å².